The van der Waals surface area contributed by atoms with Gasteiger partial charge in [-0.05, 0) is 13.8 Å². The second kappa shape index (κ2) is 4.42. The number of carbonyl (C=O) groups excluding carboxylic acids is 1. The Bertz CT molecular complexity index is 152. The fourth-order valence-corrected chi connectivity index (χ4v) is 1.03. The molecule has 1 rings (SSSR count). The summed E-state index contributed by atoms with van der Waals surface area (Å²) in [6.45, 7) is 5.48. The maximum absolute atomic E-state index is 11.2. The van der Waals surface area contributed by atoms with Crippen LogP contribution in [0.15, 0.2) is 0 Å². The second-order valence-electron chi connectivity index (χ2n) is 3.07. The average molecular weight is 173 g/mol. The molecule has 0 amide bonds. The van der Waals surface area contributed by atoms with Gasteiger partial charge in [-0.3, -0.25) is 4.79 Å². The molecule has 1 saturated heterocycles. The van der Waals surface area contributed by atoms with Crippen LogP contribution in [0.1, 0.15) is 13.8 Å². The van der Waals surface area contributed by atoms with E-state index < -0.39 is 0 Å². The van der Waals surface area contributed by atoms with Crippen LogP contribution >= 0.6 is 0 Å². The van der Waals surface area contributed by atoms with Gasteiger partial charge in [-0.15, -0.1) is 0 Å². The minimum Gasteiger partial charge on any atom is -0.462 e. The van der Waals surface area contributed by atoms with Gasteiger partial charge in [0.15, 0.2) is 0 Å². The molecule has 1 aliphatic heterocycles. The van der Waals surface area contributed by atoms with Gasteiger partial charge in [-0.25, -0.2) is 0 Å². The van der Waals surface area contributed by atoms with Crippen LogP contribution in [-0.2, 0) is 14.3 Å². The Hall–Kier alpha value is -0.610. The molecule has 0 bridgehead atoms. The van der Waals surface area contributed by atoms with Crippen LogP contribution < -0.4 is 5.32 Å². The first kappa shape index (κ1) is 9.48. The van der Waals surface area contributed by atoms with E-state index in [2.05, 4.69) is 5.32 Å². The van der Waals surface area contributed by atoms with Crippen LogP contribution in [0.3, 0.4) is 0 Å². The molecule has 0 aromatic rings. The maximum Gasteiger partial charge on any atom is 0.325 e. The first-order chi connectivity index (χ1) is 5.70. The van der Waals surface area contributed by atoms with E-state index in [4.69, 9.17) is 9.47 Å². The molecule has 0 radical (unpaired) electrons. The van der Waals surface area contributed by atoms with Crippen LogP contribution in [0.5, 0.6) is 0 Å². The van der Waals surface area contributed by atoms with Crippen LogP contribution in [0.2, 0.25) is 0 Å². The van der Waals surface area contributed by atoms with Gasteiger partial charge in [0.2, 0.25) is 0 Å². The zero-order valence-corrected chi connectivity index (χ0v) is 7.50. The highest BCUT2D eigenvalue weighted by Gasteiger charge is 2.22. The summed E-state index contributed by atoms with van der Waals surface area (Å²) in [5.41, 5.74) is 0. The average Bonchev–Trinajstić information content (AvgIpc) is 2.05. The van der Waals surface area contributed by atoms with Crippen molar-refractivity contribution in [3.8, 4) is 0 Å². The Balaban J connectivity index is 2.30. The molecule has 1 atom stereocenters. The van der Waals surface area contributed by atoms with Gasteiger partial charge in [0.25, 0.3) is 0 Å². The zero-order valence-electron chi connectivity index (χ0n) is 7.50. The van der Waals surface area contributed by atoms with Gasteiger partial charge in [0.1, 0.15) is 6.04 Å². The number of nitrogens with one attached hydrogen (secondary N) is 1. The fourth-order valence-electron chi connectivity index (χ4n) is 1.03. The number of hydrogen-bond donors (Lipinski definition) is 1. The van der Waals surface area contributed by atoms with Gasteiger partial charge in [-0.2, -0.15) is 0 Å². The third-order valence-electron chi connectivity index (χ3n) is 1.56. The van der Waals surface area contributed by atoms with Crippen molar-refractivity contribution in [3.05, 3.63) is 0 Å². The monoisotopic (exact) mass is 173 g/mol. The van der Waals surface area contributed by atoms with Crippen LogP contribution in [0.4, 0.5) is 0 Å². The first-order valence-electron chi connectivity index (χ1n) is 4.22. The number of hydrogen-bond acceptors (Lipinski definition) is 4. The number of rotatable bonds is 2. The van der Waals surface area contributed by atoms with Crippen molar-refractivity contribution in [3.63, 3.8) is 0 Å². The van der Waals surface area contributed by atoms with Crippen molar-refractivity contribution < 1.29 is 14.3 Å². The van der Waals surface area contributed by atoms with Gasteiger partial charge >= 0.3 is 5.97 Å². The lowest BCUT2D eigenvalue weighted by Gasteiger charge is -2.22. The Morgan fingerprint density at radius 2 is 2.42 bits per heavy atom. The van der Waals surface area contributed by atoms with Gasteiger partial charge in [-0.1, -0.05) is 0 Å². The summed E-state index contributed by atoms with van der Waals surface area (Å²) in [5.74, 6) is -0.218. The van der Waals surface area contributed by atoms with E-state index in [0.717, 1.165) is 6.54 Å². The second-order valence-corrected chi connectivity index (χ2v) is 3.07. The molecule has 1 heterocycles. The largest absolute Gasteiger partial charge is 0.462 e. The quantitative estimate of drug-likeness (QED) is 0.594. The normalized spacial score (nSPS) is 24.1. The summed E-state index contributed by atoms with van der Waals surface area (Å²) in [5, 5.41) is 3.02. The van der Waals surface area contributed by atoms with Crippen LogP contribution in [-0.4, -0.2) is 37.9 Å². The van der Waals surface area contributed by atoms with Gasteiger partial charge < -0.3 is 14.8 Å². The molecule has 1 fully saturated rings. The zero-order chi connectivity index (χ0) is 8.97. The molecule has 0 aromatic heterocycles. The molecular formula is C8H15NO3. The van der Waals surface area contributed by atoms with Crippen molar-refractivity contribution in [2.75, 3.05) is 19.8 Å². The molecule has 0 saturated carbocycles. The van der Waals surface area contributed by atoms with Crippen molar-refractivity contribution in [2.45, 2.75) is 26.0 Å². The van der Waals surface area contributed by atoms with Gasteiger partial charge in [0, 0.05) is 6.54 Å². The number of ether oxygens (including phenoxy) is 2. The summed E-state index contributed by atoms with van der Waals surface area (Å²) >= 11 is 0. The fraction of sp³-hybridized carbons (Fsp3) is 0.875. The topological polar surface area (TPSA) is 47.6 Å². The van der Waals surface area contributed by atoms with E-state index in [1.807, 2.05) is 13.8 Å². The van der Waals surface area contributed by atoms with Crippen molar-refractivity contribution in [1.82, 2.24) is 5.32 Å². The summed E-state index contributed by atoms with van der Waals surface area (Å²) in [6, 6.07) is -0.277. The van der Waals surface area contributed by atoms with E-state index in [1.165, 1.54) is 0 Å². The highest BCUT2D eigenvalue weighted by atomic mass is 16.5. The summed E-state index contributed by atoms with van der Waals surface area (Å²) < 4.78 is 10.1. The standard InChI is InChI=1S/C8H15NO3/c1-6(2)12-8(10)7-5-11-4-3-9-7/h6-7,9H,3-5H2,1-2H3. The highest BCUT2D eigenvalue weighted by molar-refractivity contribution is 5.76. The molecule has 1 unspecified atom stereocenters. The van der Waals surface area contributed by atoms with E-state index in [-0.39, 0.29) is 18.1 Å². The first-order valence-corrected chi connectivity index (χ1v) is 4.22. The number of esters is 1. The lowest BCUT2D eigenvalue weighted by molar-refractivity contribution is -0.153. The third kappa shape index (κ3) is 2.79. The predicted octanol–water partition coefficient (Wildman–Crippen LogP) is -0.0736. The number of morpholine rings is 1. The van der Waals surface area contributed by atoms with Crippen LogP contribution in [0.25, 0.3) is 0 Å². The molecule has 0 aliphatic carbocycles. The summed E-state index contributed by atoms with van der Waals surface area (Å²) in [7, 11) is 0. The Kier molecular flexibility index (Phi) is 3.49. The van der Waals surface area contributed by atoms with Crippen molar-refractivity contribution in [1.29, 1.82) is 0 Å². The Labute approximate surface area is 72.2 Å². The van der Waals surface area contributed by atoms with Crippen molar-refractivity contribution >= 4 is 5.97 Å². The summed E-state index contributed by atoms with van der Waals surface area (Å²) in [4.78, 5) is 11.2. The summed E-state index contributed by atoms with van der Waals surface area (Å²) in [6.07, 6.45) is -0.0544. The molecule has 1 aliphatic rings. The Morgan fingerprint density at radius 1 is 1.67 bits per heavy atom. The molecule has 0 spiro atoms. The minimum atomic E-state index is -0.277. The molecule has 1 N–H and O–H groups in total. The highest BCUT2D eigenvalue weighted by Crippen LogP contribution is 1.98. The lowest BCUT2D eigenvalue weighted by atomic mass is 10.3. The molecule has 4 nitrogen and oxygen atoms in total. The Morgan fingerprint density at radius 3 is 2.92 bits per heavy atom. The molecule has 0 aromatic carbocycles. The van der Waals surface area contributed by atoms with Crippen LogP contribution in [0, 0.1) is 0 Å². The molecule has 12 heavy (non-hydrogen) atoms. The molecule has 4 heteroatoms. The van der Waals surface area contributed by atoms with E-state index in [0.29, 0.717) is 13.2 Å². The maximum atomic E-state index is 11.2. The van der Waals surface area contributed by atoms with Gasteiger partial charge in [0.05, 0.1) is 19.3 Å². The minimum absolute atomic E-state index is 0.0544. The third-order valence-corrected chi connectivity index (χ3v) is 1.56. The lowest BCUT2D eigenvalue weighted by Crippen LogP contribution is -2.47. The molecule has 70 valence electrons. The number of carbonyl (C=O) groups is 1. The molecular weight excluding hydrogens is 158 g/mol. The SMILES string of the molecule is CC(C)OC(=O)C1COCCN1. The smallest absolute Gasteiger partial charge is 0.325 e. The van der Waals surface area contributed by atoms with E-state index in [1.54, 1.807) is 0 Å². The van der Waals surface area contributed by atoms with E-state index in [9.17, 15) is 4.79 Å². The van der Waals surface area contributed by atoms with E-state index >= 15 is 0 Å². The predicted molar refractivity (Wildman–Crippen MR) is 43.8 cm³/mol. The van der Waals surface area contributed by atoms with Crippen molar-refractivity contribution in [2.24, 2.45) is 0 Å².